The minimum Gasteiger partial charge on any atom is -0.342 e. The highest BCUT2D eigenvalue weighted by atomic mass is 35.5. The molecule has 0 aromatic carbocycles. The van der Waals surface area contributed by atoms with Crippen molar-refractivity contribution in [1.82, 2.24) is 4.90 Å². The smallest absolute Gasteiger partial charge is 0.225 e. The van der Waals surface area contributed by atoms with Crippen LogP contribution in [0.15, 0.2) is 0 Å². The molecule has 0 bridgehead atoms. The van der Waals surface area contributed by atoms with E-state index in [9.17, 15) is 4.79 Å². The number of halogens is 1. The Labute approximate surface area is 142 Å². The number of piperidine rings is 1. The van der Waals surface area contributed by atoms with Crippen LogP contribution in [0.1, 0.15) is 72.1 Å². The van der Waals surface area contributed by atoms with Gasteiger partial charge in [-0.15, -0.1) is 12.4 Å². The van der Waals surface area contributed by atoms with E-state index in [1.807, 2.05) is 0 Å². The Hall–Kier alpha value is -0.280. The zero-order valence-electron chi connectivity index (χ0n) is 14.6. The van der Waals surface area contributed by atoms with Crippen molar-refractivity contribution >= 4 is 18.3 Å². The Morgan fingerprint density at radius 1 is 1.18 bits per heavy atom. The van der Waals surface area contributed by atoms with E-state index in [0.717, 1.165) is 38.3 Å². The number of carbonyl (C=O) groups excluding carboxylic acids is 1. The maximum Gasteiger partial charge on any atom is 0.225 e. The molecule has 1 heterocycles. The van der Waals surface area contributed by atoms with Crippen molar-refractivity contribution in [2.75, 3.05) is 13.1 Å². The first-order valence-corrected chi connectivity index (χ1v) is 8.98. The van der Waals surface area contributed by atoms with Gasteiger partial charge in [0.1, 0.15) is 0 Å². The third-order valence-electron chi connectivity index (χ3n) is 5.79. The van der Waals surface area contributed by atoms with E-state index < -0.39 is 0 Å². The Bertz CT molecular complexity index is 351. The Balaban J connectivity index is 0.00000242. The zero-order valence-corrected chi connectivity index (χ0v) is 15.5. The van der Waals surface area contributed by atoms with Crippen LogP contribution in [0.5, 0.6) is 0 Å². The van der Waals surface area contributed by atoms with Gasteiger partial charge in [0.25, 0.3) is 0 Å². The van der Waals surface area contributed by atoms with Gasteiger partial charge in [0.05, 0.1) is 0 Å². The lowest BCUT2D eigenvalue weighted by Crippen LogP contribution is -2.55. The number of nitrogens with two attached hydrogens (primary N) is 1. The van der Waals surface area contributed by atoms with Gasteiger partial charge in [-0.2, -0.15) is 0 Å². The van der Waals surface area contributed by atoms with Gasteiger partial charge in [-0.1, -0.05) is 40.0 Å². The topological polar surface area (TPSA) is 46.3 Å². The molecule has 1 amide bonds. The van der Waals surface area contributed by atoms with Crippen LogP contribution >= 0.6 is 12.4 Å². The van der Waals surface area contributed by atoms with Gasteiger partial charge < -0.3 is 10.6 Å². The van der Waals surface area contributed by atoms with Crippen LogP contribution in [0.3, 0.4) is 0 Å². The van der Waals surface area contributed by atoms with Crippen molar-refractivity contribution in [3.63, 3.8) is 0 Å². The number of carbonyl (C=O) groups is 1. The van der Waals surface area contributed by atoms with Crippen LogP contribution in [0.2, 0.25) is 0 Å². The fourth-order valence-corrected chi connectivity index (χ4v) is 4.01. The first-order chi connectivity index (χ1) is 9.94. The second-order valence-corrected chi connectivity index (χ2v) is 8.00. The minimum absolute atomic E-state index is 0. The molecule has 1 aliphatic carbocycles. The van der Waals surface area contributed by atoms with Crippen LogP contribution in [0.4, 0.5) is 0 Å². The number of hydrogen-bond donors (Lipinski definition) is 1. The van der Waals surface area contributed by atoms with Crippen molar-refractivity contribution in [1.29, 1.82) is 0 Å². The summed E-state index contributed by atoms with van der Waals surface area (Å²) in [4.78, 5) is 14.9. The zero-order chi connectivity index (χ0) is 15.5. The largest absolute Gasteiger partial charge is 0.342 e. The standard InChI is InChI=1S/C18H34N2O.ClH/c1-4-5-6-14-7-9-15(10-8-14)17(21)20-12-11-16(19)18(2,3)13-20;/h14-16H,4-13,19H2,1-3H3;1H. The molecular weight excluding hydrogens is 296 g/mol. The van der Waals surface area contributed by atoms with Crippen LogP contribution in [0.25, 0.3) is 0 Å². The monoisotopic (exact) mass is 330 g/mol. The quantitative estimate of drug-likeness (QED) is 0.847. The molecule has 22 heavy (non-hydrogen) atoms. The van der Waals surface area contributed by atoms with Gasteiger partial charge in [0, 0.05) is 25.0 Å². The van der Waals surface area contributed by atoms with Crippen molar-refractivity contribution < 1.29 is 4.79 Å². The molecule has 1 aliphatic heterocycles. The number of rotatable bonds is 4. The maximum atomic E-state index is 12.8. The van der Waals surface area contributed by atoms with Crippen molar-refractivity contribution in [2.45, 2.75) is 78.2 Å². The molecule has 3 nitrogen and oxygen atoms in total. The molecule has 130 valence electrons. The molecule has 2 rings (SSSR count). The fourth-order valence-electron chi connectivity index (χ4n) is 4.01. The van der Waals surface area contributed by atoms with Gasteiger partial charge in [0.15, 0.2) is 0 Å². The van der Waals surface area contributed by atoms with Crippen LogP contribution < -0.4 is 5.73 Å². The Morgan fingerprint density at radius 2 is 1.82 bits per heavy atom. The third-order valence-corrected chi connectivity index (χ3v) is 5.79. The highest BCUT2D eigenvalue weighted by molar-refractivity contribution is 5.85. The molecule has 1 atom stereocenters. The average molecular weight is 331 g/mol. The summed E-state index contributed by atoms with van der Waals surface area (Å²) in [6.45, 7) is 8.34. The normalized spacial score (nSPS) is 31.5. The first kappa shape index (κ1) is 19.8. The Morgan fingerprint density at radius 3 is 2.36 bits per heavy atom. The predicted molar refractivity (Wildman–Crippen MR) is 95.2 cm³/mol. The molecule has 2 fully saturated rings. The van der Waals surface area contributed by atoms with E-state index in [2.05, 4.69) is 25.7 Å². The lowest BCUT2D eigenvalue weighted by molar-refractivity contribution is -0.140. The minimum atomic E-state index is 0. The average Bonchev–Trinajstić information content (AvgIpc) is 2.47. The SMILES string of the molecule is CCCCC1CCC(C(=O)N2CCC(N)C(C)(C)C2)CC1.Cl. The molecular formula is C18H35ClN2O. The summed E-state index contributed by atoms with van der Waals surface area (Å²) in [5.74, 6) is 1.57. The van der Waals surface area contributed by atoms with Gasteiger partial charge in [-0.05, 0) is 43.4 Å². The molecule has 0 radical (unpaired) electrons. The highest BCUT2D eigenvalue weighted by Gasteiger charge is 2.37. The third kappa shape index (κ3) is 4.86. The van der Waals surface area contributed by atoms with Gasteiger partial charge >= 0.3 is 0 Å². The molecule has 1 saturated heterocycles. The van der Waals surface area contributed by atoms with E-state index in [1.54, 1.807) is 0 Å². The number of unbranched alkanes of at least 4 members (excludes halogenated alkanes) is 1. The molecule has 2 aliphatic rings. The number of nitrogens with zero attached hydrogens (tertiary/aromatic N) is 1. The lowest BCUT2D eigenvalue weighted by Gasteiger charge is -2.44. The molecule has 0 aromatic rings. The van der Waals surface area contributed by atoms with Crippen LogP contribution in [-0.2, 0) is 4.79 Å². The highest BCUT2D eigenvalue weighted by Crippen LogP contribution is 2.35. The second-order valence-electron chi connectivity index (χ2n) is 8.00. The number of likely N-dealkylation sites (tertiary alicyclic amines) is 1. The summed E-state index contributed by atoms with van der Waals surface area (Å²) in [6.07, 6.45) is 9.68. The first-order valence-electron chi connectivity index (χ1n) is 8.98. The molecule has 0 aromatic heterocycles. The predicted octanol–water partition coefficient (Wildman–Crippen LogP) is 3.99. The summed E-state index contributed by atoms with van der Waals surface area (Å²) in [7, 11) is 0. The number of hydrogen-bond acceptors (Lipinski definition) is 2. The van der Waals surface area contributed by atoms with E-state index in [-0.39, 0.29) is 29.8 Å². The van der Waals surface area contributed by atoms with E-state index in [1.165, 1.54) is 32.1 Å². The summed E-state index contributed by atoms with van der Waals surface area (Å²) in [6, 6.07) is 0.228. The van der Waals surface area contributed by atoms with Crippen molar-refractivity contribution in [2.24, 2.45) is 23.0 Å². The fraction of sp³-hybridized carbons (Fsp3) is 0.944. The molecule has 4 heteroatoms. The van der Waals surface area contributed by atoms with Crippen LogP contribution in [-0.4, -0.2) is 29.9 Å². The van der Waals surface area contributed by atoms with E-state index in [0.29, 0.717) is 5.91 Å². The van der Waals surface area contributed by atoms with Gasteiger partial charge in [-0.25, -0.2) is 0 Å². The summed E-state index contributed by atoms with van der Waals surface area (Å²) in [5.41, 5.74) is 6.24. The van der Waals surface area contributed by atoms with Crippen molar-refractivity contribution in [3.8, 4) is 0 Å². The summed E-state index contributed by atoms with van der Waals surface area (Å²) < 4.78 is 0. The number of amides is 1. The van der Waals surface area contributed by atoms with E-state index in [4.69, 9.17) is 5.73 Å². The molecule has 1 saturated carbocycles. The molecule has 1 unspecified atom stereocenters. The lowest BCUT2D eigenvalue weighted by atomic mass is 9.77. The van der Waals surface area contributed by atoms with Gasteiger partial charge in [-0.3, -0.25) is 4.79 Å². The van der Waals surface area contributed by atoms with Crippen LogP contribution in [0, 0.1) is 17.3 Å². The Kier molecular flexibility index (Phi) is 7.67. The van der Waals surface area contributed by atoms with E-state index >= 15 is 0 Å². The second kappa shape index (κ2) is 8.54. The molecule has 0 spiro atoms. The molecule has 2 N–H and O–H groups in total. The van der Waals surface area contributed by atoms with Crippen molar-refractivity contribution in [3.05, 3.63) is 0 Å². The van der Waals surface area contributed by atoms with Gasteiger partial charge in [0.2, 0.25) is 5.91 Å². The maximum absolute atomic E-state index is 12.8. The summed E-state index contributed by atoms with van der Waals surface area (Å²) >= 11 is 0. The summed E-state index contributed by atoms with van der Waals surface area (Å²) in [5, 5.41) is 0.